The first-order chi connectivity index (χ1) is 18.5. The van der Waals surface area contributed by atoms with Crippen molar-refractivity contribution in [3.8, 4) is 0 Å². The molecule has 0 bridgehead atoms. The molecule has 0 spiro atoms. The normalized spacial score (nSPS) is 15.6. The van der Waals surface area contributed by atoms with Gasteiger partial charge in [0.15, 0.2) is 0 Å². The van der Waals surface area contributed by atoms with Gasteiger partial charge in [0, 0.05) is 6.42 Å². The SMILES string of the molecule is CCCCCCC/C=C/CC/C=C/C(O)C(COP(=O)([O-])OCC[N+](C)(C)C)NC(=O)CCCCCCCC. The summed E-state index contributed by atoms with van der Waals surface area (Å²) in [5.41, 5.74) is 0. The number of phosphoric acid groups is 1. The van der Waals surface area contributed by atoms with E-state index in [1.54, 1.807) is 6.08 Å². The molecule has 0 aliphatic carbocycles. The minimum absolute atomic E-state index is 0.00590. The standard InChI is InChI=1S/C30H59N2O6P/c1-6-8-10-12-14-15-16-17-18-19-21-23-29(33)28(31-30(34)24-22-20-13-11-9-7-2)27-38-39(35,36)37-26-25-32(3,4)5/h16-17,21,23,28-29,33H,6-15,18-20,22,24-27H2,1-5H3,(H-,31,34,35,36)/b17-16+,23-21+. The number of carbonyl (C=O) groups excluding carboxylic acids is 1. The fourth-order valence-corrected chi connectivity index (χ4v) is 4.59. The van der Waals surface area contributed by atoms with Gasteiger partial charge >= 0.3 is 0 Å². The number of aliphatic hydroxyl groups excluding tert-OH is 1. The lowest BCUT2D eigenvalue weighted by atomic mass is 10.1. The lowest BCUT2D eigenvalue weighted by Crippen LogP contribution is -2.45. The molecule has 0 rings (SSSR count). The number of amides is 1. The van der Waals surface area contributed by atoms with E-state index in [2.05, 4.69) is 31.3 Å². The molecular formula is C30H59N2O6P. The van der Waals surface area contributed by atoms with Gasteiger partial charge in [-0.3, -0.25) is 9.36 Å². The van der Waals surface area contributed by atoms with Crippen LogP contribution < -0.4 is 10.2 Å². The van der Waals surface area contributed by atoms with Crippen LogP contribution in [-0.2, 0) is 18.4 Å². The zero-order valence-corrected chi connectivity index (χ0v) is 26.5. The molecule has 0 aromatic rings. The van der Waals surface area contributed by atoms with Crippen molar-refractivity contribution in [2.45, 2.75) is 122 Å². The second-order valence-electron chi connectivity index (χ2n) is 11.5. The molecule has 0 radical (unpaired) electrons. The van der Waals surface area contributed by atoms with Gasteiger partial charge in [-0.2, -0.15) is 0 Å². The van der Waals surface area contributed by atoms with Crippen molar-refractivity contribution < 1.29 is 32.9 Å². The van der Waals surface area contributed by atoms with E-state index in [4.69, 9.17) is 9.05 Å². The zero-order chi connectivity index (χ0) is 29.4. The molecule has 230 valence electrons. The van der Waals surface area contributed by atoms with Crippen LogP contribution >= 0.6 is 7.82 Å². The third kappa shape index (κ3) is 25.7. The molecule has 0 aliphatic heterocycles. The summed E-state index contributed by atoms with van der Waals surface area (Å²) in [4.78, 5) is 24.8. The Balaban J connectivity index is 4.74. The van der Waals surface area contributed by atoms with Crippen molar-refractivity contribution >= 4 is 13.7 Å². The van der Waals surface area contributed by atoms with Crippen LogP contribution in [0.4, 0.5) is 0 Å². The fourth-order valence-electron chi connectivity index (χ4n) is 3.87. The van der Waals surface area contributed by atoms with Gasteiger partial charge in [-0.1, -0.05) is 95.9 Å². The third-order valence-corrected chi connectivity index (χ3v) is 7.38. The Labute approximate surface area is 239 Å². The van der Waals surface area contributed by atoms with Crippen LogP contribution in [0.5, 0.6) is 0 Å². The van der Waals surface area contributed by atoms with E-state index < -0.39 is 26.6 Å². The summed E-state index contributed by atoms with van der Waals surface area (Å²) < 4.78 is 22.8. The summed E-state index contributed by atoms with van der Waals surface area (Å²) in [5, 5.41) is 13.5. The minimum atomic E-state index is -4.56. The summed E-state index contributed by atoms with van der Waals surface area (Å²) in [6.07, 6.45) is 22.5. The van der Waals surface area contributed by atoms with Gasteiger partial charge < -0.3 is 28.8 Å². The topological polar surface area (TPSA) is 108 Å². The van der Waals surface area contributed by atoms with Crippen LogP contribution in [0.1, 0.15) is 110 Å². The molecule has 0 saturated carbocycles. The monoisotopic (exact) mass is 574 g/mol. The summed E-state index contributed by atoms with van der Waals surface area (Å²) in [7, 11) is 1.23. The second-order valence-corrected chi connectivity index (χ2v) is 12.9. The van der Waals surface area contributed by atoms with Gasteiger partial charge in [0.25, 0.3) is 7.82 Å². The van der Waals surface area contributed by atoms with Crippen LogP contribution in [0, 0.1) is 0 Å². The second kappa shape index (κ2) is 23.7. The van der Waals surface area contributed by atoms with Gasteiger partial charge in [-0.05, 0) is 32.1 Å². The van der Waals surface area contributed by atoms with Crippen molar-refractivity contribution in [2.24, 2.45) is 0 Å². The van der Waals surface area contributed by atoms with Crippen LogP contribution in [0.3, 0.4) is 0 Å². The molecule has 0 heterocycles. The molecule has 3 unspecified atom stereocenters. The lowest BCUT2D eigenvalue weighted by Gasteiger charge is -2.29. The van der Waals surface area contributed by atoms with E-state index >= 15 is 0 Å². The van der Waals surface area contributed by atoms with E-state index in [-0.39, 0.29) is 12.5 Å². The molecular weight excluding hydrogens is 515 g/mol. The van der Waals surface area contributed by atoms with Gasteiger partial charge in [0.1, 0.15) is 13.2 Å². The van der Waals surface area contributed by atoms with E-state index in [1.165, 1.54) is 51.4 Å². The van der Waals surface area contributed by atoms with Crippen LogP contribution in [0.25, 0.3) is 0 Å². The molecule has 0 aliphatic rings. The number of aliphatic hydroxyl groups is 1. The molecule has 39 heavy (non-hydrogen) atoms. The summed E-state index contributed by atoms with van der Waals surface area (Å²) in [5.74, 6) is -0.222. The number of likely N-dealkylation sites (N-methyl/N-ethyl adjacent to an activating group) is 1. The Morgan fingerprint density at radius 3 is 2.08 bits per heavy atom. The molecule has 2 N–H and O–H groups in total. The molecule has 0 fully saturated rings. The molecule has 0 saturated heterocycles. The molecule has 3 atom stereocenters. The number of hydrogen-bond acceptors (Lipinski definition) is 6. The Morgan fingerprint density at radius 1 is 0.872 bits per heavy atom. The zero-order valence-electron chi connectivity index (χ0n) is 25.6. The summed E-state index contributed by atoms with van der Waals surface area (Å²) in [6.45, 7) is 4.48. The van der Waals surface area contributed by atoms with Crippen molar-refractivity contribution in [1.82, 2.24) is 5.32 Å². The smallest absolute Gasteiger partial charge is 0.268 e. The van der Waals surface area contributed by atoms with Crippen molar-refractivity contribution in [2.75, 3.05) is 40.9 Å². The van der Waals surface area contributed by atoms with Crippen molar-refractivity contribution in [1.29, 1.82) is 0 Å². The van der Waals surface area contributed by atoms with Gasteiger partial charge in [0.05, 0.1) is 39.9 Å². The van der Waals surface area contributed by atoms with Gasteiger partial charge in [-0.25, -0.2) is 0 Å². The first kappa shape index (κ1) is 38.0. The Bertz CT molecular complexity index is 708. The van der Waals surface area contributed by atoms with Crippen molar-refractivity contribution in [3.63, 3.8) is 0 Å². The van der Waals surface area contributed by atoms with Crippen LogP contribution in [0.2, 0.25) is 0 Å². The highest BCUT2D eigenvalue weighted by Gasteiger charge is 2.23. The Morgan fingerprint density at radius 2 is 1.44 bits per heavy atom. The van der Waals surface area contributed by atoms with Crippen LogP contribution in [0.15, 0.2) is 24.3 Å². The highest BCUT2D eigenvalue weighted by molar-refractivity contribution is 7.45. The minimum Gasteiger partial charge on any atom is -0.756 e. The highest BCUT2D eigenvalue weighted by Crippen LogP contribution is 2.38. The van der Waals surface area contributed by atoms with Gasteiger partial charge in [-0.15, -0.1) is 0 Å². The largest absolute Gasteiger partial charge is 0.756 e. The molecule has 9 heteroatoms. The maximum absolute atomic E-state index is 12.5. The summed E-state index contributed by atoms with van der Waals surface area (Å²) in [6, 6.07) is -0.892. The van der Waals surface area contributed by atoms with Gasteiger partial charge in [0.2, 0.25) is 5.91 Å². The predicted molar refractivity (Wildman–Crippen MR) is 159 cm³/mol. The number of allylic oxidation sites excluding steroid dienone is 3. The summed E-state index contributed by atoms with van der Waals surface area (Å²) >= 11 is 0. The van der Waals surface area contributed by atoms with Crippen molar-refractivity contribution in [3.05, 3.63) is 24.3 Å². The molecule has 8 nitrogen and oxygen atoms in total. The Kier molecular flexibility index (Phi) is 23.0. The van der Waals surface area contributed by atoms with E-state index in [0.717, 1.165) is 38.5 Å². The number of phosphoric ester groups is 1. The fraction of sp³-hybridized carbons (Fsp3) is 0.833. The number of nitrogens with one attached hydrogen (secondary N) is 1. The van der Waals surface area contributed by atoms with Crippen LogP contribution in [-0.4, -0.2) is 68.5 Å². The van der Waals surface area contributed by atoms with E-state index in [0.29, 0.717) is 17.4 Å². The number of quaternary nitrogens is 1. The predicted octanol–water partition coefficient (Wildman–Crippen LogP) is 6.04. The first-order valence-corrected chi connectivity index (χ1v) is 16.7. The number of carbonyl (C=O) groups is 1. The molecule has 0 aromatic carbocycles. The number of hydrogen-bond donors (Lipinski definition) is 2. The average molecular weight is 575 g/mol. The highest BCUT2D eigenvalue weighted by atomic mass is 31.2. The number of nitrogens with zero attached hydrogens (tertiary/aromatic N) is 1. The number of unbranched alkanes of at least 4 members (excludes halogenated alkanes) is 11. The quantitative estimate of drug-likeness (QED) is 0.0564. The lowest BCUT2D eigenvalue weighted by molar-refractivity contribution is -0.870. The maximum Gasteiger partial charge on any atom is 0.268 e. The molecule has 0 aromatic heterocycles. The number of rotatable bonds is 26. The van der Waals surface area contributed by atoms with E-state index in [9.17, 15) is 19.4 Å². The molecule has 1 amide bonds. The maximum atomic E-state index is 12.5. The van der Waals surface area contributed by atoms with E-state index in [1.807, 2.05) is 27.2 Å². The Hall–Kier alpha value is -1.02. The third-order valence-electron chi connectivity index (χ3n) is 6.41. The first-order valence-electron chi connectivity index (χ1n) is 15.2. The average Bonchev–Trinajstić information content (AvgIpc) is 2.86.